The first-order valence-corrected chi connectivity index (χ1v) is 10.1. The van der Waals surface area contributed by atoms with Crippen molar-refractivity contribution in [3.05, 3.63) is 40.4 Å². The Labute approximate surface area is 171 Å². The van der Waals surface area contributed by atoms with Gasteiger partial charge in [0.05, 0.1) is 18.8 Å². The third kappa shape index (κ3) is 4.69. The molecule has 1 heterocycles. The molecule has 2 atom stereocenters. The van der Waals surface area contributed by atoms with Gasteiger partial charge in [0.25, 0.3) is 0 Å². The van der Waals surface area contributed by atoms with E-state index >= 15 is 0 Å². The maximum Gasteiger partial charge on any atom is 0.407 e. The number of carboxylic acid groups (broad SMARTS) is 1. The van der Waals surface area contributed by atoms with Crippen LogP contribution in [-0.2, 0) is 0 Å². The first-order valence-electron chi connectivity index (χ1n) is 9.69. The minimum Gasteiger partial charge on any atom is -0.465 e. The summed E-state index contributed by atoms with van der Waals surface area (Å²) >= 11 is 6.05. The number of hydrogen-bond donors (Lipinski definition) is 3. The third-order valence-electron chi connectivity index (χ3n) is 5.84. The lowest BCUT2D eigenvalue weighted by Gasteiger charge is -2.43. The van der Waals surface area contributed by atoms with E-state index in [1.165, 1.54) is 4.90 Å². The highest BCUT2D eigenvalue weighted by molar-refractivity contribution is 6.30. The van der Waals surface area contributed by atoms with E-state index in [0.717, 1.165) is 23.1 Å². The summed E-state index contributed by atoms with van der Waals surface area (Å²) in [6.07, 6.45) is 0.00276. The van der Waals surface area contributed by atoms with Crippen molar-refractivity contribution in [2.45, 2.75) is 38.8 Å². The largest absolute Gasteiger partial charge is 0.465 e. The molecule has 1 aromatic rings. The van der Waals surface area contributed by atoms with Gasteiger partial charge < -0.3 is 20.2 Å². The maximum atomic E-state index is 11.3. The highest BCUT2D eigenvalue weighted by atomic mass is 35.5. The van der Waals surface area contributed by atoms with E-state index in [2.05, 4.69) is 18.7 Å². The molecule has 3 N–H and O–H groups in total. The second kappa shape index (κ2) is 8.41. The van der Waals surface area contributed by atoms with Gasteiger partial charge in [0, 0.05) is 31.2 Å². The van der Waals surface area contributed by atoms with Crippen LogP contribution in [0.2, 0.25) is 5.02 Å². The van der Waals surface area contributed by atoms with Gasteiger partial charge in [-0.3, -0.25) is 4.90 Å². The average Bonchev–Trinajstić information content (AvgIpc) is 2.64. The fraction of sp³-hybridized carbons (Fsp3) is 0.571. The number of piperazine rings is 1. The summed E-state index contributed by atoms with van der Waals surface area (Å²) in [5.41, 5.74) is 3.12. The van der Waals surface area contributed by atoms with Gasteiger partial charge in [-0.15, -0.1) is 0 Å². The second-order valence-electron chi connectivity index (χ2n) is 8.61. The molecule has 3 rings (SSSR count). The quantitative estimate of drug-likeness (QED) is 0.713. The Bertz CT molecular complexity index is 747. The molecule has 154 valence electrons. The van der Waals surface area contributed by atoms with E-state index in [1.54, 1.807) is 0 Å². The van der Waals surface area contributed by atoms with Gasteiger partial charge in [-0.1, -0.05) is 37.6 Å². The van der Waals surface area contributed by atoms with E-state index < -0.39 is 12.2 Å². The molecule has 7 heteroatoms. The molecule has 0 bridgehead atoms. The lowest BCUT2D eigenvalue weighted by molar-refractivity contribution is 0.0399. The van der Waals surface area contributed by atoms with Gasteiger partial charge in [-0.25, -0.2) is 4.79 Å². The van der Waals surface area contributed by atoms with Crippen molar-refractivity contribution in [3.63, 3.8) is 0 Å². The number of benzene rings is 1. The molecule has 0 spiro atoms. The van der Waals surface area contributed by atoms with E-state index in [0.29, 0.717) is 31.1 Å². The van der Waals surface area contributed by atoms with Gasteiger partial charge in [-0.05, 0) is 47.1 Å². The summed E-state index contributed by atoms with van der Waals surface area (Å²) in [6, 6.07) is 7.41. The molecular formula is C21H29ClN2O4. The first-order chi connectivity index (χ1) is 13.2. The Morgan fingerprint density at radius 3 is 2.54 bits per heavy atom. The molecule has 1 saturated heterocycles. The minimum absolute atomic E-state index is 0.0176. The fourth-order valence-corrected chi connectivity index (χ4v) is 4.44. The van der Waals surface area contributed by atoms with E-state index in [4.69, 9.17) is 11.6 Å². The molecule has 28 heavy (non-hydrogen) atoms. The van der Waals surface area contributed by atoms with Crippen LogP contribution in [0.1, 0.15) is 32.3 Å². The summed E-state index contributed by atoms with van der Waals surface area (Å²) in [4.78, 5) is 14.7. The van der Waals surface area contributed by atoms with Crippen molar-refractivity contribution in [2.24, 2.45) is 5.41 Å². The number of hydrogen-bond acceptors (Lipinski definition) is 4. The Balaban J connectivity index is 1.91. The van der Waals surface area contributed by atoms with Crippen molar-refractivity contribution in [2.75, 3.05) is 32.8 Å². The molecule has 6 nitrogen and oxygen atoms in total. The monoisotopic (exact) mass is 408 g/mol. The number of carbonyl (C=O) groups is 1. The van der Waals surface area contributed by atoms with Crippen molar-refractivity contribution in [3.8, 4) is 0 Å². The number of allylic oxidation sites excluding steroid dienone is 1. The maximum absolute atomic E-state index is 11.3. The van der Waals surface area contributed by atoms with Crippen LogP contribution in [0, 0.1) is 5.41 Å². The van der Waals surface area contributed by atoms with Crippen LogP contribution < -0.4 is 0 Å². The molecule has 1 aliphatic carbocycles. The summed E-state index contributed by atoms with van der Waals surface area (Å²) in [6.45, 7) is 5.93. The van der Waals surface area contributed by atoms with Crippen LogP contribution in [0.4, 0.5) is 4.79 Å². The Hall–Kier alpha value is -1.60. The SMILES string of the molecule is CC1(C)CC(c2ccc(Cl)cc2)=C(CN2CCN(C(=O)O)C[C@H]2CO)[C@H](O)C1. The van der Waals surface area contributed by atoms with Gasteiger partial charge in [0.2, 0.25) is 0 Å². The molecule has 0 radical (unpaired) electrons. The number of aliphatic hydroxyl groups is 2. The van der Waals surface area contributed by atoms with Crippen molar-refractivity contribution in [1.29, 1.82) is 0 Å². The highest BCUT2D eigenvalue weighted by Crippen LogP contribution is 2.43. The van der Waals surface area contributed by atoms with Crippen LogP contribution in [0.3, 0.4) is 0 Å². The Kier molecular flexibility index (Phi) is 6.34. The zero-order chi connectivity index (χ0) is 20.5. The lowest BCUT2D eigenvalue weighted by Crippen LogP contribution is -2.56. The van der Waals surface area contributed by atoms with E-state index in [-0.39, 0.29) is 24.6 Å². The van der Waals surface area contributed by atoms with Crippen molar-refractivity contribution < 1.29 is 20.1 Å². The van der Waals surface area contributed by atoms with Crippen LogP contribution in [0.15, 0.2) is 29.8 Å². The second-order valence-corrected chi connectivity index (χ2v) is 9.04. The molecule has 0 unspecified atom stereocenters. The Morgan fingerprint density at radius 1 is 1.25 bits per heavy atom. The van der Waals surface area contributed by atoms with Gasteiger partial charge in [-0.2, -0.15) is 0 Å². The number of halogens is 1. The standard InChI is InChI=1S/C21H29ClN2O4/c1-21(2)9-17(14-3-5-15(22)6-4-14)18(19(26)10-21)12-23-7-8-24(20(27)28)11-16(23)13-25/h3-6,16,19,25-26H,7-13H2,1-2H3,(H,27,28)/t16-,19+/m0/s1. The molecule has 1 amide bonds. The minimum atomic E-state index is -0.960. The summed E-state index contributed by atoms with van der Waals surface area (Å²) < 4.78 is 0. The van der Waals surface area contributed by atoms with Gasteiger partial charge in [0.15, 0.2) is 0 Å². The highest BCUT2D eigenvalue weighted by Gasteiger charge is 2.36. The third-order valence-corrected chi connectivity index (χ3v) is 6.10. The topological polar surface area (TPSA) is 84.2 Å². The zero-order valence-electron chi connectivity index (χ0n) is 16.4. The molecular weight excluding hydrogens is 380 g/mol. The lowest BCUT2D eigenvalue weighted by atomic mass is 9.71. The predicted molar refractivity (Wildman–Crippen MR) is 109 cm³/mol. The number of amides is 1. The van der Waals surface area contributed by atoms with Crippen LogP contribution in [0.5, 0.6) is 0 Å². The summed E-state index contributed by atoms with van der Waals surface area (Å²) in [7, 11) is 0. The van der Waals surface area contributed by atoms with Crippen LogP contribution in [-0.4, -0.2) is 76.1 Å². The average molecular weight is 409 g/mol. The fourth-order valence-electron chi connectivity index (χ4n) is 4.32. The molecule has 1 aliphatic heterocycles. The summed E-state index contributed by atoms with van der Waals surface area (Å²) in [5, 5.41) is 30.7. The first kappa shape index (κ1) is 21.1. The molecule has 1 fully saturated rings. The number of nitrogens with zero attached hydrogens (tertiary/aromatic N) is 2. The molecule has 0 aromatic heterocycles. The summed E-state index contributed by atoms with van der Waals surface area (Å²) in [5.74, 6) is 0. The predicted octanol–water partition coefficient (Wildman–Crippen LogP) is 2.93. The smallest absolute Gasteiger partial charge is 0.407 e. The molecule has 2 aliphatic rings. The van der Waals surface area contributed by atoms with Crippen molar-refractivity contribution in [1.82, 2.24) is 9.80 Å². The van der Waals surface area contributed by atoms with E-state index in [1.807, 2.05) is 24.3 Å². The van der Waals surface area contributed by atoms with Gasteiger partial charge >= 0.3 is 6.09 Å². The number of rotatable bonds is 4. The van der Waals surface area contributed by atoms with Crippen LogP contribution >= 0.6 is 11.6 Å². The molecule has 0 saturated carbocycles. The zero-order valence-corrected chi connectivity index (χ0v) is 17.2. The molecule has 1 aromatic carbocycles. The van der Waals surface area contributed by atoms with E-state index in [9.17, 15) is 20.1 Å². The van der Waals surface area contributed by atoms with Crippen LogP contribution in [0.25, 0.3) is 5.57 Å². The van der Waals surface area contributed by atoms with Gasteiger partial charge in [0.1, 0.15) is 0 Å². The normalized spacial score (nSPS) is 25.8. The Morgan fingerprint density at radius 2 is 1.93 bits per heavy atom. The van der Waals surface area contributed by atoms with Crippen molar-refractivity contribution >= 4 is 23.3 Å². The number of aliphatic hydroxyl groups excluding tert-OH is 2.